The van der Waals surface area contributed by atoms with Gasteiger partial charge >= 0.3 is 5.97 Å². The molecule has 13 heavy (non-hydrogen) atoms. The number of rotatable bonds is 3. The SMILES string of the molecule is C[C@@H](N)C(C(=O)O)c1ccccc1. The van der Waals surface area contributed by atoms with E-state index in [1.54, 1.807) is 19.1 Å². The first-order valence-electron chi connectivity index (χ1n) is 4.16. The lowest BCUT2D eigenvalue weighted by Crippen LogP contribution is -2.30. The van der Waals surface area contributed by atoms with Gasteiger partial charge in [-0.3, -0.25) is 4.79 Å². The Balaban J connectivity index is 2.96. The van der Waals surface area contributed by atoms with Crippen molar-refractivity contribution < 1.29 is 9.90 Å². The maximum atomic E-state index is 10.9. The molecule has 0 saturated heterocycles. The van der Waals surface area contributed by atoms with E-state index in [9.17, 15) is 4.79 Å². The molecule has 2 atom stereocenters. The van der Waals surface area contributed by atoms with Crippen molar-refractivity contribution in [3.8, 4) is 0 Å². The number of nitrogens with two attached hydrogens (primary N) is 1. The van der Waals surface area contributed by atoms with Crippen LogP contribution in [-0.2, 0) is 4.79 Å². The van der Waals surface area contributed by atoms with Crippen molar-refractivity contribution in [1.29, 1.82) is 0 Å². The van der Waals surface area contributed by atoms with Gasteiger partial charge in [-0.1, -0.05) is 30.3 Å². The second-order valence-electron chi connectivity index (χ2n) is 3.09. The summed E-state index contributed by atoms with van der Waals surface area (Å²) < 4.78 is 0. The molecule has 70 valence electrons. The van der Waals surface area contributed by atoms with Crippen molar-refractivity contribution in [2.45, 2.75) is 18.9 Å². The van der Waals surface area contributed by atoms with Crippen LogP contribution in [0.2, 0.25) is 0 Å². The Morgan fingerprint density at radius 1 is 1.38 bits per heavy atom. The number of benzene rings is 1. The third-order valence-corrected chi connectivity index (χ3v) is 1.95. The highest BCUT2D eigenvalue weighted by molar-refractivity contribution is 5.76. The fourth-order valence-corrected chi connectivity index (χ4v) is 1.33. The van der Waals surface area contributed by atoms with Gasteiger partial charge in [-0.05, 0) is 12.5 Å². The van der Waals surface area contributed by atoms with Gasteiger partial charge in [0, 0.05) is 6.04 Å². The fourth-order valence-electron chi connectivity index (χ4n) is 1.33. The van der Waals surface area contributed by atoms with Crippen molar-refractivity contribution in [3.63, 3.8) is 0 Å². The lowest BCUT2D eigenvalue weighted by molar-refractivity contribution is -0.139. The standard InChI is InChI=1S/C10H13NO2/c1-7(11)9(10(12)13)8-5-3-2-4-6-8/h2-7,9H,11H2,1H3,(H,12,13)/t7-,9?/m1/s1. The van der Waals surface area contributed by atoms with E-state index in [4.69, 9.17) is 10.8 Å². The van der Waals surface area contributed by atoms with Gasteiger partial charge in [-0.15, -0.1) is 0 Å². The predicted molar refractivity (Wildman–Crippen MR) is 50.5 cm³/mol. The van der Waals surface area contributed by atoms with E-state index >= 15 is 0 Å². The number of carboxylic acid groups (broad SMARTS) is 1. The molecular weight excluding hydrogens is 166 g/mol. The maximum absolute atomic E-state index is 10.9. The molecule has 1 unspecified atom stereocenters. The third-order valence-electron chi connectivity index (χ3n) is 1.95. The molecule has 0 aliphatic carbocycles. The van der Waals surface area contributed by atoms with Gasteiger partial charge < -0.3 is 10.8 Å². The lowest BCUT2D eigenvalue weighted by atomic mass is 9.93. The zero-order chi connectivity index (χ0) is 9.84. The van der Waals surface area contributed by atoms with Crippen molar-refractivity contribution in [3.05, 3.63) is 35.9 Å². The maximum Gasteiger partial charge on any atom is 0.312 e. The topological polar surface area (TPSA) is 63.3 Å². The Kier molecular flexibility index (Phi) is 3.03. The summed E-state index contributed by atoms with van der Waals surface area (Å²) >= 11 is 0. The van der Waals surface area contributed by atoms with Crippen LogP contribution in [-0.4, -0.2) is 17.1 Å². The second-order valence-corrected chi connectivity index (χ2v) is 3.09. The van der Waals surface area contributed by atoms with Crippen LogP contribution in [0, 0.1) is 0 Å². The minimum Gasteiger partial charge on any atom is -0.481 e. The zero-order valence-corrected chi connectivity index (χ0v) is 7.47. The van der Waals surface area contributed by atoms with Crippen molar-refractivity contribution >= 4 is 5.97 Å². The molecule has 0 aliphatic heterocycles. The summed E-state index contributed by atoms with van der Waals surface area (Å²) in [6.45, 7) is 1.70. The monoisotopic (exact) mass is 179 g/mol. The predicted octanol–water partition coefficient (Wildman–Crippen LogP) is 1.20. The van der Waals surface area contributed by atoms with Crippen LogP contribution >= 0.6 is 0 Å². The summed E-state index contributed by atoms with van der Waals surface area (Å²) in [4.78, 5) is 10.9. The van der Waals surface area contributed by atoms with Crippen LogP contribution in [0.15, 0.2) is 30.3 Å². The Bertz CT molecular complexity index is 282. The normalized spacial score (nSPS) is 14.9. The van der Waals surface area contributed by atoms with Crippen molar-refractivity contribution in [1.82, 2.24) is 0 Å². The summed E-state index contributed by atoms with van der Waals surface area (Å²) in [7, 11) is 0. The van der Waals surface area contributed by atoms with E-state index in [0.29, 0.717) is 0 Å². The number of hydrogen-bond donors (Lipinski definition) is 2. The number of carbonyl (C=O) groups is 1. The van der Waals surface area contributed by atoms with Gasteiger partial charge in [0.15, 0.2) is 0 Å². The van der Waals surface area contributed by atoms with E-state index in [1.807, 2.05) is 18.2 Å². The molecule has 1 rings (SSSR count). The number of carboxylic acids is 1. The highest BCUT2D eigenvalue weighted by Crippen LogP contribution is 2.18. The second kappa shape index (κ2) is 4.05. The molecule has 1 aromatic rings. The van der Waals surface area contributed by atoms with Gasteiger partial charge in [0.2, 0.25) is 0 Å². The molecule has 0 aromatic heterocycles. The van der Waals surface area contributed by atoms with Crippen molar-refractivity contribution in [2.24, 2.45) is 5.73 Å². The van der Waals surface area contributed by atoms with Crippen LogP contribution in [0.25, 0.3) is 0 Å². The molecule has 0 spiro atoms. The zero-order valence-electron chi connectivity index (χ0n) is 7.47. The fraction of sp³-hybridized carbons (Fsp3) is 0.300. The van der Waals surface area contributed by atoms with E-state index in [0.717, 1.165) is 5.56 Å². The molecule has 0 radical (unpaired) electrons. The van der Waals surface area contributed by atoms with E-state index in [1.165, 1.54) is 0 Å². The minimum absolute atomic E-state index is 0.375. The average Bonchev–Trinajstić information content (AvgIpc) is 2.04. The van der Waals surface area contributed by atoms with E-state index in [-0.39, 0.29) is 6.04 Å². The number of aliphatic carboxylic acids is 1. The Morgan fingerprint density at radius 2 is 1.92 bits per heavy atom. The molecule has 0 heterocycles. The largest absolute Gasteiger partial charge is 0.481 e. The van der Waals surface area contributed by atoms with Gasteiger partial charge in [0.1, 0.15) is 0 Å². The molecule has 0 amide bonds. The minimum atomic E-state index is -0.874. The molecular formula is C10H13NO2. The summed E-state index contributed by atoms with van der Waals surface area (Å²) in [6, 6.07) is 8.66. The first kappa shape index (κ1) is 9.74. The van der Waals surface area contributed by atoms with Crippen LogP contribution in [0.4, 0.5) is 0 Å². The van der Waals surface area contributed by atoms with Gasteiger partial charge in [-0.25, -0.2) is 0 Å². The summed E-state index contributed by atoms with van der Waals surface area (Å²) in [5.41, 5.74) is 6.34. The Labute approximate surface area is 77.2 Å². The van der Waals surface area contributed by atoms with Crippen LogP contribution < -0.4 is 5.73 Å². The summed E-state index contributed by atoms with van der Waals surface area (Å²) in [6.07, 6.45) is 0. The highest BCUT2D eigenvalue weighted by Gasteiger charge is 2.23. The summed E-state index contributed by atoms with van der Waals surface area (Å²) in [5.74, 6) is -1.48. The molecule has 0 aliphatic rings. The van der Waals surface area contributed by atoms with Gasteiger partial charge in [0.05, 0.1) is 5.92 Å². The first-order chi connectivity index (χ1) is 6.13. The van der Waals surface area contributed by atoms with Crippen LogP contribution in [0.1, 0.15) is 18.4 Å². The molecule has 0 fully saturated rings. The molecule has 3 heteroatoms. The van der Waals surface area contributed by atoms with E-state index in [2.05, 4.69) is 0 Å². The highest BCUT2D eigenvalue weighted by atomic mass is 16.4. The van der Waals surface area contributed by atoms with Gasteiger partial charge in [0.25, 0.3) is 0 Å². The molecule has 3 nitrogen and oxygen atoms in total. The molecule has 0 bridgehead atoms. The molecule has 3 N–H and O–H groups in total. The van der Waals surface area contributed by atoms with Crippen LogP contribution in [0.3, 0.4) is 0 Å². The Morgan fingerprint density at radius 3 is 2.31 bits per heavy atom. The third kappa shape index (κ3) is 2.29. The quantitative estimate of drug-likeness (QED) is 0.732. The number of hydrogen-bond acceptors (Lipinski definition) is 2. The lowest BCUT2D eigenvalue weighted by Gasteiger charge is -2.15. The van der Waals surface area contributed by atoms with Crippen LogP contribution in [0.5, 0.6) is 0 Å². The molecule has 1 aromatic carbocycles. The Hall–Kier alpha value is -1.35. The average molecular weight is 179 g/mol. The first-order valence-corrected chi connectivity index (χ1v) is 4.16. The molecule has 0 saturated carbocycles. The smallest absolute Gasteiger partial charge is 0.312 e. The van der Waals surface area contributed by atoms with Gasteiger partial charge in [-0.2, -0.15) is 0 Å². The summed E-state index contributed by atoms with van der Waals surface area (Å²) in [5, 5.41) is 8.92. The van der Waals surface area contributed by atoms with E-state index < -0.39 is 11.9 Å². The van der Waals surface area contributed by atoms with Crippen molar-refractivity contribution in [2.75, 3.05) is 0 Å².